The van der Waals surface area contributed by atoms with Gasteiger partial charge in [0.1, 0.15) is 11.6 Å². The molecule has 24 heavy (non-hydrogen) atoms. The van der Waals surface area contributed by atoms with E-state index in [1.165, 1.54) is 28.9 Å². The number of carbonyl (C=O) groups excluding carboxylic acids is 1. The van der Waals surface area contributed by atoms with Crippen molar-refractivity contribution in [2.75, 3.05) is 11.1 Å². The van der Waals surface area contributed by atoms with Crippen LogP contribution >= 0.6 is 11.8 Å². The minimum absolute atomic E-state index is 0.0206. The molecular formula is C15H12FN5O2S. The number of thioether (sulfide) groups is 1. The quantitative estimate of drug-likeness (QED) is 0.689. The number of nitrogens with one attached hydrogen (secondary N) is 1. The van der Waals surface area contributed by atoms with Crippen molar-refractivity contribution in [1.82, 2.24) is 20.2 Å². The molecule has 0 radical (unpaired) electrons. The van der Waals surface area contributed by atoms with Crippen molar-refractivity contribution in [3.05, 3.63) is 54.3 Å². The summed E-state index contributed by atoms with van der Waals surface area (Å²) in [7, 11) is 0. The maximum absolute atomic E-state index is 13.5. The molecule has 0 atom stereocenters. The number of benzene rings is 2. The maximum atomic E-state index is 13.5. The summed E-state index contributed by atoms with van der Waals surface area (Å²) >= 11 is 1.12. The van der Waals surface area contributed by atoms with E-state index in [1.54, 1.807) is 24.3 Å². The molecular weight excluding hydrogens is 333 g/mol. The Bertz CT molecular complexity index is 853. The highest BCUT2D eigenvalue weighted by atomic mass is 32.2. The fourth-order valence-electron chi connectivity index (χ4n) is 1.90. The molecule has 1 heterocycles. The Balaban J connectivity index is 1.65. The van der Waals surface area contributed by atoms with E-state index in [1.807, 2.05) is 0 Å². The number of aromatic hydroxyl groups is 1. The number of para-hydroxylation sites is 1. The maximum Gasteiger partial charge on any atom is 0.234 e. The Hall–Kier alpha value is -2.94. The molecule has 0 unspecified atom stereocenters. The number of carbonyl (C=O) groups is 1. The lowest BCUT2D eigenvalue weighted by Gasteiger charge is -2.06. The summed E-state index contributed by atoms with van der Waals surface area (Å²) in [5, 5.41) is 23.5. The number of aromatic nitrogens is 4. The molecule has 0 spiro atoms. The van der Waals surface area contributed by atoms with Crippen LogP contribution < -0.4 is 5.32 Å². The SMILES string of the molecule is O=C(CSc1nnnn1-c1ccc(O)cc1)Nc1ccccc1F. The van der Waals surface area contributed by atoms with Gasteiger partial charge >= 0.3 is 0 Å². The van der Waals surface area contributed by atoms with Gasteiger partial charge in [0.2, 0.25) is 11.1 Å². The van der Waals surface area contributed by atoms with E-state index in [9.17, 15) is 14.3 Å². The van der Waals surface area contributed by atoms with Gasteiger partial charge in [0.05, 0.1) is 17.1 Å². The van der Waals surface area contributed by atoms with Crippen LogP contribution in [0.15, 0.2) is 53.7 Å². The number of amides is 1. The lowest BCUT2D eigenvalue weighted by atomic mass is 10.3. The third kappa shape index (κ3) is 3.69. The first-order valence-corrected chi connectivity index (χ1v) is 7.87. The minimum atomic E-state index is -0.496. The smallest absolute Gasteiger partial charge is 0.234 e. The van der Waals surface area contributed by atoms with Crippen LogP contribution in [0.3, 0.4) is 0 Å². The van der Waals surface area contributed by atoms with Gasteiger partial charge in [0, 0.05) is 0 Å². The molecule has 0 aliphatic carbocycles. The average molecular weight is 345 g/mol. The van der Waals surface area contributed by atoms with Gasteiger partial charge in [-0.25, -0.2) is 4.39 Å². The van der Waals surface area contributed by atoms with Gasteiger partial charge in [-0.05, 0) is 46.8 Å². The largest absolute Gasteiger partial charge is 0.508 e. The van der Waals surface area contributed by atoms with Crippen molar-refractivity contribution in [3.63, 3.8) is 0 Å². The van der Waals surface area contributed by atoms with E-state index in [0.717, 1.165) is 11.8 Å². The molecule has 0 aliphatic rings. The van der Waals surface area contributed by atoms with Gasteiger partial charge in [0.15, 0.2) is 0 Å². The monoisotopic (exact) mass is 345 g/mol. The number of hydrogen-bond acceptors (Lipinski definition) is 6. The average Bonchev–Trinajstić information content (AvgIpc) is 3.04. The molecule has 9 heteroatoms. The van der Waals surface area contributed by atoms with E-state index in [0.29, 0.717) is 10.8 Å². The molecule has 1 amide bonds. The third-order valence-electron chi connectivity index (χ3n) is 3.02. The highest BCUT2D eigenvalue weighted by Gasteiger charge is 2.12. The van der Waals surface area contributed by atoms with Crippen LogP contribution in [0.4, 0.5) is 10.1 Å². The number of phenolic OH excluding ortho intramolecular Hbond substituents is 1. The third-order valence-corrected chi connectivity index (χ3v) is 3.93. The van der Waals surface area contributed by atoms with Crippen LogP contribution in [-0.4, -0.2) is 37.0 Å². The van der Waals surface area contributed by atoms with Gasteiger partial charge in [-0.1, -0.05) is 23.9 Å². The molecule has 3 rings (SSSR count). The Kier molecular flexibility index (Phi) is 4.71. The molecule has 0 aliphatic heterocycles. The lowest BCUT2D eigenvalue weighted by Crippen LogP contribution is -2.15. The second-order valence-corrected chi connectivity index (χ2v) is 5.65. The number of halogens is 1. The highest BCUT2D eigenvalue weighted by Crippen LogP contribution is 2.20. The molecule has 1 aromatic heterocycles. The van der Waals surface area contributed by atoms with Crippen LogP contribution in [0.5, 0.6) is 5.75 Å². The van der Waals surface area contributed by atoms with Gasteiger partial charge in [-0.15, -0.1) is 5.10 Å². The van der Waals surface area contributed by atoms with Crippen molar-refractivity contribution < 1.29 is 14.3 Å². The number of anilines is 1. The zero-order chi connectivity index (χ0) is 16.9. The highest BCUT2D eigenvalue weighted by molar-refractivity contribution is 7.99. The zero-order valence-electron chi connectivity index (χ0n) is 12.3. The van der Waals surface area contributed by atoms with Gasteiger partial charge in [-0.2, -0.15) is 4.68 Å². The van der Waals surface area contributed by atoms with Crippen molar-refractivity contribution in [1.29, 1.82) is 0 Å². The van der Waals surface area contributed by atoms with Crippen molar-refractivity contribution in [2.24, 2.45) is 0 Å². The molecule has 3 aromatic rings. The first kappa shape index (κ1) is 15.9. The zero-order valence-corrected chi connectivity index (χ0v) is 13.1. The van der Waals surface area contributed by atoms with E-state index in [4.69, 9.17) is 0 Å². The first-order chi connectivity index (χ1) is 11.6. The molecule has 0 bridgehead atoms. The Morgan fingerprint density at radius 2 is 1.96 bits per heavy atom. The van der Waals surface area contributed by atoms with E-state index >= 15 is 0 Å². The molecule has 122 valence electrons. The second-order valence-electron chi connectivity index (χ2n) is 4.71. The summed E-state index contributed by atoms with van der Waals surface area (Å²) in [5.74, 6) is -0.715. The molecule has 0 saturated carbocycles. The number of nitrogens with zero attached hydrogens (tertiary/aromatic N) is 4. The van der Waals surface area contributed by atoms with E-state index in [2.05, 4.69) is 20.8 Å². The van der Waals surface area contributed by atoms with Gasteiger partial charge in [0.25, 0.3) is 0 Å². The molecule has 0 fully saturated rings. The summed E-state index contributed by atoms with van der Waals surface area (Å²) in [6.07, 6.45) is 0. The molecule has 0 saturated heterocycles. The summed E-state index contributed by atoms with van der Waals surface area (Å²) in [5.41, 5.74) is 0.774. The fourth-order valence-corrected chi connectivity index (χ4v) is 2.59. The first-order valence-electron chi connectivity index (χ1n) is 6.88. The number of tetrazole rings is 1. The second kappa shape index (κ2) is 7.09. The van der Waals surface area contributed by atoms with Crippen molar-refractivity contribution in [2.45, 2.75) is 5.16 Å². The molecule has 2 N–H and O–H groups in total. The normalized spacial score (nSPS) is 10.5. The predicted molar refractivity (Wildman–Crippen MR) is 86.6 cm³/mol. The standard InChI is InChI=1S/C15H12FN5O2S/c16-12-3-1-2-4-13(12)17-14(23)9-24-15-18-19-20-21(15)10-5-7-11(22)8-6-10/h1-8,22H,9H2,(H,17,23). The summed E-state index contributed by atoms with van der Waals surface area (Å²) < 4.78 is 14.9. The van der Waals surface area contributed by atoms with Crippen LogP contribution in [0.25, 0.3) is 5.69 Å². The van der Waals surface area contributed by atoms with E-state index in [-0.39, 0.29) is 23.1 Å². The van der Waals surface area contributed by atoms with E-state index < -0.39 is 5.82 Å². The Morgan fingerprint density at radius 3 is 2.71 bits per heavy atom. The minimum Gasteiger partial charge on any atom is -0.508 e. The lowest BCUT2D eigenvalue weighted by molar-refractivity contribution is -0.113. The number of hydrogen-bond donors (Lipinski definition) is 2. The van der Waals surface area contributed by atoms with Gasteiger partial charge in [-0.3, -0.25) is 4.79 Å². The van der Waals surface area contributed by atoms with Crippen LogP contribution in [0.1, 0.15) is 0 Å². The number of phenols is 1. The Morgan fingerprint density at radius 1 is 1.21 bits per heavy atom. The summed E-state index contributed by atoms with van der Waals surface area (Å²) in [6, 6.07) is 12.3. The van der Waals surface area contributed by atoms with Crippen LogP contribution in [0, 0.1) is 5.82 Å². The Labute approximate surface area is 140 Å². The number of rotatable bonds is 5. The fraction of sp³-hybridized carbons (Fsp3) is 0.0667. The predicted octanol–water partition coefficient (Wildman–Crippen LogP) is 2.24. The topological polar surface area (TPSA) is 92.9 Å². The molecule has 2 aromatic carbocycles. The van der Waals surface area contributed by atoms with Crippen molar-refractivity contribution >= 4 is 23.4 Å². The molecule has 7 nitrogen and oxygen atoms in total. The summed E-state index contributed by atoms with van der Waals surface area (Å²) in [4.78, 5) is 11.9. The van der Waals surface area contributed by atoms with Crippen LogP contribution in [0.2, 0.25) is 0 Å². The summed E-state index contributed by atoms with van der Waals surface area (Å²) in [6.45, 7) is 0. The van der Waals surface area contributed by atoms with Gasteiger partial charge < -0.3 is 10.4 Å². The van der Waals surface area contributed by atoms with Crippen LogP contribution in [-0.2, 0) is 4.79 Å². The van der Waals surface area contributed by atoms with Crippen molar-refractivity contribution in [3.8, 4) is 11.4 Å².